The summed E-state index contributed by atoms with van der Waals surface area (Å²) >= 11 is 0. The van der Waals surface area contributed by atoms with Crippen LogP contribution in [0.15, 0.2) is 49.1 Å². The number of rotatable bonds is 6. The van der Waals surface area contributed by atoms with Crippen LogP contribution in [0.25, 0.3) is 17.2 Å². The van der Waals surface area contributed by atoms with Gasteiger partial charge in [-0.15, -0.1) is 0 Å². The molecule has 0 spiro atoms. The monoisotopic (exact) mass is 495 g/mol. The standard InChI is InChI=1S/C25H33N5O4Si/c1-25(2,3)35(4,5)31-13-17-20-21(34-18(33-20)12-11-16-9-7-6-8-10-16)24(32-17)30-15-29-19-22(26)27-14-28-23(19)30/h6-12,14-15,17-18,20-21,24H,13H2,1-5H3,(H2,26,27,28)/t17-,18+,20?,21?,24-/m1/s1. The maximum atomic E-state index is 6.51. The maximum Gasteiger partial charge on any atom is 0.192 e. The first-order valence-corrected chi connectivity index (χ1v) is 14.8. The zero-order chi connectivity index (χ0) is 24.8. The van der Waals surface area contributed by atoms with E-state index in [1.807, 2.05) is 47.1 Å². The summed E-state index contributed by atoms with van der Waals surface area (Å²) in [5.41, 5.74) is 8.22. The van der Waals surface area contributed by atoms with Crippen molar-refractivity contribution in [2.45, 2.75) is 69.7 Å². The summed E-state index contributed by atoms with van der Waals surface area (Å²) < 4.78 is 27.5. The van der Waals surface area contributed by atoms with Gasteiger partial charge in [0.25, 0.3) is 0 Å². The molecule has 2 aromatic heterocycles. The van der Waals surface area contributed by atoms with Crippen LogP contribution in [-0.4, -0.2) is 59.0 Å². The summed E-state index contributed by atoms with van der Waals surface area (Å²) in [7, 11) is -1.98. The number of hydrogen-bond donors (Lipinski definition) is 1. The van der Waals surface area contributed by atoms with Gasteiger partial charge >= 0.3 is 0 Å². The molecule has 0 bridgehead atoms. The van der Waals surface area contributed by atoms with Crippen LogP contribution in [0.2, 0.25) is 18.1 Å². The molecule has 0 radical (unpaired) electrons. The van der Waals surface area contributed by atoms with Crippen molar-refractivity contribution < 1.29 is 18.6 Å². The Morgan fingerprint density at radius 3 is 2.54 bits per heavy atom. The predicted octanol–water partition coefficient (Wildman–Crippen LogP) is 4.15. The van der Waals surface area contributed by atoms with E-state index in [2.05, 4.69) is 48.8 Å². The van der Waals surface area contributed by atoms with Crippen molar-refractivity contribution in [2.24, 2.45) is 0 Å². The van der Waals surface area contributed by atoms with E-state index in [1.54, 1.807) is 6.33 Å². The Bertz CT molecular complexity index is 1210. The third-order valence-electron chi connectivity index (χ3n) is 7.19. The van der Waals surface area contributed by atoms with Crippen molar-refractivity contribution in [2.75, 3.05) is 12.3 Å². The first kappa shape index (κ1) is 24.1. The second-order valence-electron chi connectivity index (χ2n) is 10.6. The molecule has 9 nitrogen and oxygen atoms in total. The van der Waals surface area contributed by atoms with E-state index in [1.165, 1.54) is 6.33 Å². The van der Waals surface area contributed by atoms with Crippen LogP contribution in [0.5, 0.6) is 0 Å². The molecule has 2 fully saturated rings. The van der Waals surface area contributed by atoms with Crippen molar-refractivity contribution in [3.8, 4) is 0 Å². The molecule has 2 N–H and O–H groups in total. The molecule has 5 atom stereocenters. The van der Waals surface area contributed by atoms with Gasteiger partial charge in [0.2, 0.25) is 0 Å². The Labute approximate surface area is 206 Å². The highest BCUT2D eigenvalue weighted by molar-refractivity contribution is 6.74. The smallest absolute Gasteiger partial charge is 0.192 e. The average molecular weight is 496 g/mol. The number of nitrogens with two attached hydrogens (primary N) is 1. The van der Waals surface area contributed by atoms with Crippen molar-refractivity contribution >= 4 is 31.4 Å². The van der Waals surface area contributed by atoms with E-state index >= 15 is 0 Å². The van der Waals surface area contributed by atoms with Crippen LogP contribution < -0.4 is 5.73 Å². The molecule has 4 heterocycles. The van der Waals surface area contributed by atoms with Crippen LogP contribution in [0.1, 0.15) is 32.6 Å². The molecule has 2 unspecified atom stereocenters. The number of aromatic nitrogens is 4. The van der Waals surface area contributed by atoms with Gasteiger partial charge in [0, 0.05) is 0 Å². The molecule has 2 saturated heterocycles. The molecule has 10 heteroatoms. The summed E-state index contributed by atoms with van der Waals surface area (Å²) in [6.45, 7) is 11.6. The number of hydrogen-bond acceptors (Lipinski definition) is 8. The van der Waals surface area contributed by atoms with Gasteiger partial charge in [0.1, 0.15) is 30.2 Å². The lowest BCUT2D eigenvalue weighted by Crippen LogP contribution is -2.44. The van der Waals surface area contributed by atoms with Crippen LogP contribution in [0.3, 0.4) is 0 Å². The van der Waals surface area contributed by atoms with Crippen molar-refractivity contribution in [1.29, 1.82) is 0 Å². The molecule has 1 aromatic carbocycles. The fraction of sp³-hybridized carbons (Fsp3) is 0.480. The van der Waals surface area contributed by atoms with Crippen molar-refractivity contribution in [3.05, 3.63) is 54.6 Å². The Balaban J connectivity index is 1.41. The van der Waals surface area contributed by atoms with Gasteiger partial charge in [-0.2, -0.15) is 0 Å². The second-order valence-corrected chi connectivity index (χ2v) is 15.4. The number of imidazole rings is 1. The summed E-state index contributed by atoms with van der Waals surface area (Å²) in [4.78, 5) is 12.8. The third kappa shape index (κ3) is 4.64. The van der Waals surface area contributed by atoms with Crippen LogP contribution >= 0.6 is 0 Å². The molecule has 5 rings (SSSR count). The molecule has 0 aliphatic carbocycles. The van der Waals surface area contributed by atoms with Gasteiger partial charge in [-0.3, -0.25) is 4.57 Å². The molecule has 35 heavy (non-hydrogen) atoms. The first-order valence-electron chi connectivity index (χ1n) is 11.9. The van der Waals surface area contributed by atoms with Gasteiger partial charge in [-0.1, -0.05) is 57.2 Å². The minimum atomic E-state index is -1.98. The fourth-order valence-electron chi connectivity index (χ4n) is 4.13. The highest BCUT2D eigenvalue weighted by Crippen LogP contribution is 2.42. The molecule has 3 aromatic rings. The van der Waals surface area contributed by atoms with E-state index in [9.17, 15) is 0 Å². The average Bonchev–Trinajstić information content (AvgIpc) is 3.50. The summed E-state index contributed by atoms with van der Waals surface area (Å²) in [5.74, 6) is 0.327. The zero-order valence-corrected chi connectivity index (χ0v) is 21.8. The number of nitrogens with zero attached hydrogens (tertiary/aromatic N) is 4. The van der Waals surface area contributed by atoms with Crippen LogP contribution in [0.4, 0.5) is 5.82 Å². The Hall–Kier alpha value is -2.63. The highest BCUT2D eigenvalue weighted by atomic mass is 28.4. The third-order valence-corrected chi connectivity index (χ3v) is 11.7. The lowest BCUT2D eigenvalue weighted by molar-refractivity contribution is -0.132. The maximum absolute atomic E-state index is 6.51. The summed E-state index contributed by atoms with van der Waals surface area (Å²) in [6, 6.07) is 10.1. The second kappa shape index (κ2) is 9.10. The van der Waals surface area contributed by atoms with Crippen molar-refractivity contribution in [1.82, 2.24) is 19.5 Å². The molecular formula is C25H33N5O4Si. The quantitative estimate of drug-likeness (QED) is 0.508. The molecule has 2 aliphatic rings. The van der Waals surface area contributed by atoms with Crippen LogP contribution in [-0.2, 0) is 18.6 Å². The lowest BCUT2D eigenvalue weighted by Gasteiger charge is -2.37. The molecular weight excluding hydrogens is 462 g/mol. The fourth-order valence-corrected chi connectivity index (χ4v) is 5.14. The summed E-state index contributed by atoms with van der Waals surface area (Å²) in [6.07, 6.45) is 5.10. The number of anilines is 1. The minimum Gasteiger partial charge on any atom is -0.414 e. The van der Waals surface area contributed by atoms with Crippen molar-refractivity contribution in [3.63, 3.8) is 0 Å². The van der Waals surface area contributed by atoms with E-state index < -0.39 is 20.8 Å². The number of fused-ring (bicyclic) bond motifs is 2. The topological polar surface area (TPSA) is 107 Å². The minimum absolute atomic E-state index is 0.0907. The normalized spacial score (nSPS) is 27.2. The molecule has 2 aliphatic heterocycles. The van der Waals surface area contributed by atoms with E-state index in [-0.39, 0.29) is 23.4 Å². The summed E-state index contributed by atoms with van der Waals surface area (Å²) in [5, 5.41) is 0.0907. The molecule has 186 valence electrons. The molecule has 0 saturated carbocycles. The SMILES string of the molecule is CC(C)(C)[Si](C)(C)OC[C@H]1O[C@@H](n2cnc3c(N)ncnc32)C2O[C@@H](C=Cc3ccccc3)OC21. The lowest BCUT2D eigenvalue weighted by atomic mass is 10.1. The zero-order valence-electron chi connectivity index (χ0n) is 20.8. The first-order chi connectivity index (χ1) is 16.6. The Morgan fingerprint density at radius 2 is 1.80 bits per heavy atom. The number of nitrogen functional groups attached to an aromatic ring is 1. The van der Waals surface area contributed by atoms with E-state index in [0.29, 0.717) is 23.6 Å². The largest absolute Gasteiger partial charge is 0.414 e. The highest BCUT2D eigenvalue weighted by Gasteiger charge is 2.54. The Kier molecular flexibility index (Phi) is 6.26. The van der Waals surface area contributed by atoms with Gasteiger partial charge in [-0.05, 0) is 29.8 Å². The molecule has 0 amide bonds. The van der Waals surface area contributed by atoms with E-state index in [0.717, 1.165) is 5.56 Å². The number of ether oxygens (including phenoxy) is 3. The van der Waals surface area contributed by atoms with E-state index in [4.69, 9.17) is 24.4 Å². The Morgan fingerprint density at radius 1 is 1.06 bits per heavy atom. The number of benzene rings is 1. The van der Waals surface area contributed by atoms with Crippen LogP contribution in [0, 0.1) is 0 Å². The predicted molar refractivity (Wildman–Crippen MR) is 136 cm³/mol. The van der Waals surface area contributed by atoms with Gasteiger partial charge < -0.3 is 24.4 Å². The van der Waals surface area contributed by atoms with Gasteiger partial charge in [-0.25, -0.2) is 15.0 Å². The van der Waals surface area contributed by atoms with Gasteiger partial charge in [0.05, 0.1) is 12.9 Å². The van der Waals surface area contributed by atoms with Gasteiger partial charge in [0.15, 0.2) is 32.3 Å².